The normalized spacial score (nSPS) is 14.8. The molecule has 114 valence electrons. The van der Waals surface area contributed by atoms with Gasteiger partial charge in [-0.1, -0.05) is 0 Å². The maximum absolute atomic E-state index is 12.4. The van der Waals surface area contributed by atoms with Crippen molar-refractivity contribution in [3.63, 3.8) is 0 Å². The van der Waals surface area contributed by atoms with Crippen LogP contribution >= 0.6 is 0 Å². The zero-order valence-corrected chi connectivity index (χ0v) is 12.9. The van der Waals surface area contributed by atoms with E-state index < -0.39 is 11.7 Å². The molecule has 0 saturated carbocycles. The third-order valence-corrected chi connectivity index (χ3v) is 3.05. The van der Waals surface area contributed by atoms with Gasteiger partial charge in [-0.2, -0.15) is 0 Å². The van der Waals surface area contributed by atoms with Crippen LogP contribution in [0.15, 0.2) is 18.2 Å². The van der Waals surface area contributed by atoms with Crippen LogP contribution in [0.25, 0.3) is 0 Å². The Morgan fingerprint density at radius 1 is 1.29 bits per heavy atom. The highest BCUT2D eigenvalue weighted by Gasteiger charge is 2.27. The summed E-state index contributed by atoms with van der Waals surface area (Å²) in [6.07, 6.45) is 0.290. The van der Waals surface area contributed by atoms with E-state index in [-0.39, 0.29) is 5.78 Å². The lowest BCUT2D eigenvalue weighted by Gasteiger charge is -2.27. The van der Waals surface area contributed by atoms with Gasteiger partial charge in [0.1, 0.15) is 11.4 Å². The van der Waals surface area contributed by atoms with Crippen molar-refractivity contribution in [3.05, 3.63) is 23.8 Å². The maximum atomic E-state index is 12.4. The summed E-state index contributed by atoms with van der Waals surface area (Å²) in [6.45, 7) is 8.01. The summed E-state index contributed by atoms with van der Waals surface area (Å²) in [5.74, 6) is 0.551. The summed E-state index contributed by atoms with van der Waals surface area (Å²) in [5.41, 5.74) is 0.574. The second kappa shape index (κ2) is 5.76. The van der Waals surface area contributed by atoms with E-state index in [0.29, 0.717) is 36.6 Å². The van der Waals surface area contributed by atoms with Crippen LogP contribution in [0.3, 0.4) is 0 Å². The quantitative estimate of drug-likeness (QED) is 0.744. The van der Waals surface area contributed by atoms with Gasteiger partial charge in [-0.05, 0) is 52.3 Å². The number of Topliss-reactive ketones (excluding diaryl/α,β-unsaturated/α-hetero) is 1. The van der Waals surface area contributed by atoms with Gasteiger partial charge in [-0.3, -0.25) is 9.69 Å². The summed E-state index contributed by atoms with van der Waals surface area (Å²) >= 11 is 0. The van der Waals surface area contributed by atoms with Crippen LogP contribution in [0.4, 0.5) is 10.5 Å². The molecular weight excluding hydrogens is 270 g/mol. The number of rotatable bonds is 1. The molecule has 0 aromatic heterocycles. The monoisotopic (exact) mass is 291 g/mol. The molecule has 0 saturated heterocycles. The third kappa shape index (κ3) is 3.74. The Kier molecular flexibility index (Phi) is 4.21. The molecule has 2 rings (SSSR count). The van der Waals surface area contributed by atoms with Crippen molar-refractivity contribution in [2.24, 2.45) is 0 Å². The van der Waals surface area contributed by atoms with E-state index in [0.717, 1.165) is 0 Å². The van der Waals surface area contributed by atoms with E-state index in [9.17, 15) is 9.59 Å². The number of carbonyl (C=O) groups excluding carboxylic acids is 2. The molecule has 0 spiro atoms. The number of ether oxygens (including phenoxy) is 2. The van der Waals surface area contributed by atoms with Crippen molar-refractivity contribution >= 4 is 17.6 Å². The number of carbonyl (C=O) groups is 2. The fourth-order valence-corrected chi connectivity index (χ4v) is 2.10. The smallest absolute Gasteiger partial charge is 0.414 e. The van der Waals surface area contributed by atoms with Crippen LogP contribution in [-0.2, 0) is 4.74 Å². The first-order valence-corrected chi connectivity index (χ1v) is 7.06. The molecule has 1 amide bonds. The van der Waals surface area contributed by atoms with E-state index in [1.807, 2.05) is 20.8 Å². The molecule has 1 aromatic carbocycles. The number of hydrogen-bond donors (Lipinski definition) is 0. The molecule has 0 atom stereocenters. The van der Waals surface area contributed by atoms with Crippen molar-refractivity contribution in [1.82, 2.24) is 0 Å². The van der Waals surface area contributed by atoms with Crippen LogP contribution in [-0.4, -0.2) is 30.6 Å². The molecule has 0 fully saturated rings. The topological polar surface area (TPSA) is 55.8 Å². The highest BCUT2D eigenvalue weighted by molar-refractivity contribution is 5.97. The summed E-state index contributed by atoms with van der Waals surface area (Å²) in [4.78, 5) is 25.5. The second-order valence-corrected chi connectivity index (χ2v) is 6.07. The Morgan fingerprint density at radius 3 is 2.62 bits per heavy atom. The molecule has 1 heterocycles. The number of hydrogen-bond acceptors (Lipinski definition) is 4. The zero-order chi connectivity index (χ0) is 15.6. The SMILES string of the molecule is CC(=O)c1ccc2c(c1)N(C(=O)OC(C)(C)C)CCCO2. The molecule has 21 heavy (non-hydrogen) atoms. The van der Waals surface area contributed by atoms with Gasteiger partial charge >= 0.3 is 6.09 Å². The van der Waals surface area contributed by atoms with Gasteiger partial charge in [-0.15, -0.1) is 0 Å². The van der Waals surface area contributed by atoms with Gasteiger partial charge in [-0.25, -0.2) is 4.79 Å². The lowest BCUT2D eigenvalue weighted by molar-refractivity contribution is 0.0580. The molecule has 1 aliphatic heterocycles. The van der Waals surface area contributed by atoms with E-state index in [1.54, 1.807) is 23.1 Å². The molecule has 0 unspecified atom stereocenters. The molecule has 0 bridgehead atoms. The number of amides is 1. The minimum atomic E-state index is -0.567. The minimum absolute atomic E-state index is 0.0498. The Bertz CT molecular complexity index is 560. The minimum Gasteiger partial charge on any atom is -0.491 e. The first kappa shape index (κ1) is 15.4. The average molecular weight is 291 g/mol. The van der Waals surface area contributed by atoms with Gasteiger partial charge in [0.05, 0.1) is 12.3 Å². The van der Waals surface area contributed by atoms with Gasteiger partial charge < -0.3 is 9.47 Å². The van der Waals surface area contributed by atoms with Gasteiger partial charge in [0.2, 0.25) is 0 Å². The maximum Gasteiger partial charge on any atom is 0.414 e. The summed E-state index contributed by atoms with van der Waals surface area (Å²) in [6, 6.07) is 5.13. The molecule has 5 heteroatoms. The molecular formula is C16H21NO4. The number of fused-ring (bicyclic) bond motifs is 1. The summed E-state index contributed by atoms with van der Waals surface area (Å²) in [7, 11) is 0. The van der Waals surface area contributed by atoms with Crippen LogP contribution in [0.2, 0.25) is 0 Å². The van der Waals surface area contributed by atoms with E-state index in [2.05, 4.69) is 0 Å². The molecule has 0 radical (unpaired) electrons. The van der Waals surface area contributed by atoms with Gasteiger partial charge in [0.15, 0.2) is 5.78 Å². The van der Waals surface area contributed by atoms with E-state index >= 15 is 0 Å². The molecule has 1 aliphatic rings. The molecule has 0 aliphatic carbocycles. The lowest BCUT2D eigenvalue weighted by Crippen LogP contribution is -2.37. The largest absolute Gasteiger partial charge is 0.491 e. The van der Waals surface area contributed by atoms with Crippen molar-refractivity contribution in [2.45, 2.75) is 39.7 Å². The predicted octanol–water partition coefficient (Wildman–Crippen LogP) is 3.41. The lowest BCUT2D eigenvalue weighted by atomic mass is 10.1. The van der Waals surface area contributed by atoms with E-state index in [4.69, 9.17) is 9.47 Å². The first-order chi connectivity index (χ1) is 9.78. The number of nitrogens with zero attached hydrogens (tertiary/aromatic N) is 1. The van der Waals surface area contributed by atoms with E-state index in [1.165, 1.54) is 6.92 Å². The second-order valence-electron chi connectivity index (χ2n) is 6.07. The Balaban J connectivity index is 2.38. The molecule has 1 aromatic rings. The Morgan fingerprint density at radius 2 is 2.00 bits per heavy atom. The van der Waals surface area contributed by atoms with Crippen molar-refractivity contribution in [1.29, 1.82) is 0 Å². The first-order valence-electron chi connectivity index (χ1n) is 7.06. The zero-order valence-electron chi connectivity index (χ0n) is 12.9. The fourth-order valence-electron chi connectivity index (χ4n) is 2.10. The third-order valence-electron chi connectivity index (χ3n) is 3.05. The summed E-state index contributed by atoms with van der Waals surface area (Å²) in [5, 5.41) is 0. The van der Waals surface area contributed by atoms with Crippen LogP contribution in [0.1, 0.15) is 44.5 Å². The Hall–Kier alpha value is -2.04. The highest BCUT2D eigenvalue weighted by Crippen LogP contribution is 2.33. The van der Waals surface area contributed by atoms with Crippen molar-refractivity contribution in [3.8, 4) is 5.75 Å². The van der Waals surface area contributed by atoms with Crippen molar-refractivity contribution < 1.29 is 19.1 Å². The molecule has 5 nitrogen and oxygen atoms in total. The number of benzene rings is 1. The van der Waals surface area contributed by atoms with Crippen molar-refractivity contribution in [2.75, 3.05) is 18.1 Å². The van der Waals surface area contributed by atoms with Crippen LogP contribution in [0, 0.1) is 0 Å². The fraction of sp³-hybridized carbons (Fsp3) is 0.500. The van der Waals surface area contributed by atoms with Crippen LogP contribution < -0.4 is 9.64 Å². The van der Waals surface area contributed by atoms with Gasteiger partial charge in [0.25, 0.3) is 0 Å². The Labute approximate surface area is 124 Å². The summed E-state index contributed by atoms with van der Waals surface area (Å²) < 4.78 is 11.1. The average Bonchev–Trinajstić information content (AvgIpc) is 2.57. The van der Waals surface area contributed by atoms with Gasteiger partial charge in [0, 0.05) is 12.1 Å². The number of ketones is 1. The van der Waals surface area contributed by atoms with Crippen LogP contribution in [0.5, 0.6) is 5.75 Å². The number of anilines is 1. The highest BCUT2D eigenvalue weighted by atomic mass is 16.6. The predicted molar refractivity (Wildman–Crippen MR) is 80.1 cm³/mol. The molecule has 0 N–H and O–H groups in total. The standard InChI is InChI=1S/C16H21NO4/c1-11(18)12-6-7-14-13(10-12)17(8-5-9-20-14)15(19)21-16(2,3)4/h6-7,10H,5,8-9H2,1-4H3.